The number of hydrogen-bond donors (Lipinski definition) is 3. The van der Waals surface area contributed by atoms with Crippen molar-refractivity contribution in [1.82, 2.24) is 5.32 Å². The molecule has 1 fully saturated rings. The molecule has 3 N–H and O–H groups in total. The third kappa shape index (κ3) is 2.83. The van der Waals surface area contributed by atoms with Crippen LogP contribution in [0.4, 0.5) is 0 Å². The normalized spacial score (nSPS) is 32.9. The molecule has 1 aliphatic rings. The SMILES string of the molecule is C=C(C)C1CCC(C)(NCCO)C(=NO)C1. The van der Waals surface area contributed by atoms with E-state index in [9.17, 15) is 0 Å². The Hall–Kier alpha value is -0.870. The van der Waals surface area contributed by atoms with Crippen LogP contribution in [-0.4, -0.2) is 34.7 Å². The van der Waals surface area contributed by atoms with E-state index in [4.69, 9.17) is 10.3 Å². The molecule has 0 aromatic carbocycles. The number of β-amino-alcohol motifs (C(OH)–C–C–N with tert-alkyl or cyclic N) is 1. The molecular weight excluding hydrogens is 204 g/mol. The molecule has 1 saturated carbocycles. The number of aliphatic hydroxyl groups excluding tert-OH is 1. The first-order valence-electron chi connectivity index (χ1n) is 5.76. The number of nitrogens with one attached hydrogen (secondary N) is 1. The molecular formula is C12H22N2O2. The van der Waals surface area contributed by atoms with Gasteiger partial charge in [-0.15, -0.1) is 0 Å². The van der Waals surface area contributed by atoms with Gasteiger partial charge in [0.05, 0.1) is 17.9 Å². The molecule has 0 bridgehead atoms. The molecule has 4 nitrogen and oxygen atoms in total. The lowest BCUT2D eigenvalue weighted by Crippen LogP contribution is -2.53. The molecule has 0 aromatic rings. The van der Waals surface area contributed by atoms with E-state index >= 15 is 0 Å². The highest BCUT2D eigenvalue weighted by Gasteiger charge is 2.37. The molecule has 92 valence electrons. The number of oxime groups is 1. The average molecular weight is 226 g/mol. The minimum Gasteiger partial charge on any atom is -0.411 e. The largest absolute Gasteiger partial charge is 0.411 e. The third-order valence-corrected chi connectivity index (χ3v) is 3.51. The Bertz CT molecular complexity index is 289. The van der Waals surface area contributed by atoms with Gasteiger partial charge in [0, 0.05) is 6.54 Å². The van der Waals surface area contributed by atoms with Crippen molar-refractivity contribution in [1.29, 1.82) is 0 Å². The molecule has 2 unspecified atom stereocenters. The maximum atomic E-state index is 9.08. The summed E-state index contributed by atoms with van der Waals surface area (Å²) in [7, 11) is 0. The van der Waals surface area contributed by atoms with Gasteiger partial charge in [0.25, 0.3) is 0 Å². The quantitative estimate of drug-likeness (QED) is 0.387. The van der Waals surface area contributed by atoms with E-state index in [1.165, 1.54) is 0 Å². The maximum absolute atomic E-state index is 9.08. The minimum absolute atomic E-state index is 0.0954. The summed E-state index contributed by atoms with van der Waals surface area (Å²) in [6.45, 7) is 8.61. The predicted molar refractivity (Wildman–Crippen MR) is 64.9 cm³/mol. The van der Waals surface area contributed by atoms with E-state index in [2.05, 4.69) is 17.1 Å². The van der Waals surface area contributed by atoms with E-state index in [0.29, 0.717) is 12.5 Å². The Labute approximate surface area is 97.0 Å². The van der Waals surface area contributed by atoms with Crippen molar-refractivity contribution >= 4 is 5.71 Å². The number of hydrogen-bond acceptors (Lipinski definition) is 4. The summed E-state index contributed by atoms with van der Waals surface area (Å²) in [5, 5.41) is 24.6. The van der Waals surface area contributed by atoms with Gasteiger partial charge >= 0.3 is 0 Å². The molecule has 2 atom stereocenters. The summed E-state index contributed by atoms with van der Waals surface area (Å²) in [4.78, 5) is 0. The van der Waals surface area contributed by atoms with Crippen LogP contribution >= 0.6 is 0 Å². The van der Waals surface area contributed by atoms with Crippen molar-refractivity contribution in [3.63, 3.8) is 0 Å². The smallest absolute Gasteiger partial charge is 0.0774 e. The molecule has 1 aliphatic carbocycles. The Kier molecular flexibility index (Phi) is 4.50. The molecule has 0 aliphatic heterocycles. The topological polar surface area (TPSA) is 64.8 Å². The summed E-state index contributed by atoms with van der Waals surface area (Å²) in [6, 6.07) is 0. The zero-order valence-electron chi connectivity index (χ0n) is 10.2. The molecule has 0 spiro atoms. The van der Waals surface area contributed by atoms with Crippen molar-refractivity contribution in [2.24, 2.45) is 11.1 Å². The van der Waals surface area contributed by atoms with Crippen LogP contribution in [0.3, 0.4) is 0 Å². The molecule has 4 heteroatoms. The van der Waals surface area contributed by atoms with Gasteiger partial charge in [0.15, 0.2) is 0 Å². The van der Waals surface area contributed by atoms with Gasteiger partial charge in [-0.25, -0.2) is 0 Å². The lowest BCUT2D eigenvalue weighted by molar-refractivity contribution is 0.255. The summed E-state index contributed by atoms with van der Waals surface area (Å²) in [5.41, 5.74) is 1.62. The van der Waals surface area contributed by atoms with Crippen LogP contribution in [-0.2, 0) is 0 Å². The molecule has 0 aromatic heterocycles. The van der Waals surface area contributed by atoms with Gasteiger partial charge in [0.1, 0.15) is 0 Å². The van der Waals surface area contributed by atoms with E-state index in [-0.39, 0.29) is 12.1 Å². The summed E-state index contributed by atoms with van der Waals surface area (Å²) < 4.78 is 0. The number of allylic oxidation sites excluding steroid dienone is 1. The van der Waals surface area contributed by atoms with Crippen LogP contribution < -0.4 is 5.32 Å². The second-order valence-electron chi connectivity index (χ2n) is 4.82. The highest BCUT2D eigenvalue weighted by molar-refractivity contribution is 5.93. The van der Waals surface area contributed by atoms with Crippen molar-refractivity contribution in [3.05, 3.63) is 12.2 Å². The lowest BCUT2D eigenvalue weighted by Gasteiger charge is -2.38. The molecule has 0 amide bonds. The first-order chi connectivity index (χ1) is 7.53. The molecule has 1 rings (SSSR count). The Balaban J connectivity index is 2.72. The van der Waals surface area contributed by atoms with Crippen LogP contribution in [0.15, 0.2) is 17.3 Å². The Morgan fingerprint density at radius 3 is 2.88 bits per heavy atom. The van der Waals surface area contributed by atoms with E-state index in [0.717, 1.165) is 30.5 Å². The van der Waals surface area contributed by atoms with Crippen LogP contribution in [0.2, 0.25) is 0 Å². The van der Waals surface area contributed by atoms with Gasteiger partial charge in [-0.1, -0.05) is 17.3 Å². The minimum atomic E-state index is -0.288. The second-order valence-corrected chi connectivity index (χ2v) is 4.82. The molecule has 0 radical (unpaired) electrons. The fraction of sp³-hybridized carbons (Fsp3) is 0.750. The number of nitrogens with zero attached hydrogens (tertiary/aromatic N) is 1. The van der Waals surface area contributed by atoms with Crippen LogP contribution in [0, 0.1) is 5.92 Å². The standard InChI is InChI=1S/C12H22N2O2/c1-9(2)10-4-5-12(3,13-6-7-15)11(8-10)14-16/h10,13,15-16H,1,4-8H2,2-3H3. The van der Waals surface area contributed by atoms with Crippen molar-refractivity contribution in [2.75, 3.05) is 13.2 Å². The van der Waals surface area contributed by atoms with Gasteiger partial charge in [0.2, 0.25) is 0 Å². The summed E-state index contributed by atoms with van der Waals surface area (Å²) >= 11 is 0. The predicted octanol–water partition coefficient (Wildman–Crippen LogP) is 1.53. The third-order valence-electron chi connectivity index (χ3n) is 3.51. The first kappa shape index (κ1) is 13.2. The van der Waals surface area contributed by atoms with E-state index < -0.39 is 0 Å². The van der Waals surface area contributed by atoms with Crippen LogP contribution in [0.5, 0.6) is 0 Å². The highest BCUT2D eigenvalue weighted by atomic mass is 16.4. The van der Waals surface area contributed by atoms with Crippen LogP contribution in [0.1, 0.15) is 33.1 Å². The Morgan fingerprint density at radius 2 is 2.38 bits per heavy atom. The van der Waals surface area contributed by atoms with Gasteiger partial charge in [-0.3, -0.25) is 0 Å². The van der Waals surface area contributed by atoms with Crippen LogP contribution in [0.25, 0.3) is 0 Å². The summed E-state index contributed by atoms with van der Waals surface area (Å²) in [5.74, 6) is 0.412. The van der Waals surface area contributed by atoms with Gasteiger partial charge in [-0.2, -0.15) is 0 Å². The molecule has 0 saturated heterocycles. The number of aliphatic hydroxyl groups is 1. The summed E-state index contributed by atoms with van der Waals surface area (Å²) in [6.07, 6.45) is 2.70. The van der Waals surface area contributed by atoms with E-state index in [1.807, 2.05) is 13.8 Å². The Morgan fingerprint density at radius 1 is 1.69 bits per heavy atom. The first-order valence-corrected chi connectivity index (χ1v) is 5.76. The van der Waals surface area contributed by atoms with E-state index in [1.54, 1.807) is 0 Å². The number of rotatable bonds is 4. The zero-order valence-corrected chi connectivity index (χ0v) is 10.2. The molecule has 0 heterocycles. The monoisotopic (exact) mass is 226 g/mol. The van der Waals surface area contributed by atoms with Crippen molar-refractivity contribution in [2.45, 2.75) is 38.6 Å². The molecule has 16 heavy (non-hydrogen) atoms. The fourth-order valence-electron chi connectivity index (χ4n) is 2.26. The lowest BCUT2D eigenvalue weighted by atomic mass is 9.74. The zero-order chi connectivity index (χ0) is 12.2. The second kappa shape index (κ2) is 5.46. The van der Waals surface area contributed by atoms with Gasteiger partial charge < -0.3 is 15.6 Å². The van der Waals surface area contributed by atoms with Crippen molar-refractivity contribution < 1.29 is 10.3 Å². The van der Waals surface area contributed by atoms with Gasteiger partial charge in [-0.05, 0) is 39.0 Å². The maximum Gasteiger partial charge on any atom is 0.0774 e. The highest BCUT2D eigenvalue weighted by Crippen LogP contribution is 2.33. The van der Waals surface area contributed by atoms with Crippen molar-refractivity contribution in [3.8, 4) is 0 Å². The fourth-order valence-corrected chi connectivity index (χ4v) is 2.26. The average Bonchev–Trinajstić information content (AvgIpc) is 2.26.